The molecule has 0 bridgehead atoms. The first-order valence-electron chi connectivity index (χ1n) is 10.2. The van der Waals surface area contributed by atoms with Crippen LogP contribution < -0.4 is 5.32 Å². The summed E-state index contributed by atoms with van der Waals surface area (Å²) in [4.78, 5) is 28.4. The minimum Gasteiger partial charge on any atom is -0.352 e. The third-order valence-corrected chi connectivity index (χ3v) is 5.95. The van der Waals surface area contributed by atoms with Crippen LogP contribution in [0.2, 0.25) is 0 Å². The highest BCUT2D eigenvalue weighted by atomic mass is 19.4. The quantitative estimate of drug-likeness (QED) is 0.828. The Morgan fingerprint density at radius 2 is 1.72 bits per heavy atom. The molecule has 2 unspecified atom stereocenters. The molecule has 1 aromatic rings. The fraction of sp³-hybridized carbons (Fsp3) is 0.619. The van der Waals surface area contributed by atoms with Crippen LogP contribution in [0.25, 0.3) is 0 Å². The van der Waals surface area contributed by atoms with E-state index in [1.807, 2.05) is 4.90 Å². The highest BCUT2D eigenvalue weighted by Gasteiger charge is 2.36. The molecule has 5 nitrogen and oxygen atoms in total. The summed E-state index contributed by atoms with van der Waals surface area (Å²) >= 11 is 0. The number of amides is 2. The van der Waals surface area contributed by atoms with Crippen LogP contribution in [0.15, 0.2) is 24.3 Å². The molecule has 1 aliphatic carbocycles. The molecule has 0 radical (unpaired) electrons. The molecule has 2 atom stereocenters. The predicted molar refractivity (Wildman–Crippen MR) is 103 cm³/mol. The van der Waals surface area contributed by atoms with E-state index in [-0.39, 0.29) is 24.1 Å². The van der Waals surface area contributed by atoms with Gasteiger partial charge in [0.05, 0.1) is 17.7 Å². The van der Waals surface area contributed by atoms with Gasteiger partial charge in [0.1, 0.15) is 0 Å². The van der Waals surface area contributed by atoms with Crippen molar-refractivity contribution in [3.63, 3.8) is 0 Å². The first-order valence-corrected chi connectivity index (χ1v) is 10.2. The molecule has 1 aliphatic heterocycles. The summed E-state index contributed by atoms with van der Waals surface area (Å²) in [6, 6.07) is 5.09. The SMILES string of the molecule is CC1CCCCC1NC(=O)CN1CCN(C(=O)c2ccccc2C(F)(F)F)CC1. The maximum Gasteiger partial charge on any atom is 0.417 e. The van der Waals surface area contributed by atoms with Gasteiger partial charge in [-0.1, -0.05) is 31.9 Å². The predicted octanol–water partition coefficient (Wildman–Crippen LogP) is 3.16. The highest BCUT2D eigenvalue weighted by molar-refractivity contribution is 5.96. The van der Waals surface area contributed by atoms with Crippen molar-refractivity contribution >= 4 is 11.8 Å². The Kier molecular flexibility index (Phi) is 6.82. The lowest BCUT2D eigenvalue weighted by molar-refractivity contribution is -0.138. The van der Waals surface area contributed by atoms with E-state index in [1.54, 1.807) is 0 Å². The molecule has 1 N–H and O–H groups in total. The largest absolute Gasteiger partial charge is 0.417 e. The van der Waals surface area contributed by atoms with Crippen LogP contribution in [-0.4, -0.2) is 60.4 Å². The number of nitrogens with one attached hydrogen (secondary N) is 1. The van der Waals surface area contributed by atoms with Gasteiger partial charge in [-0.25, -0.2) is 0 Å². The number of benzene rings is 1. The molecule has 1 saturated carbocycles. The second-order valence-electron chi connectivity index (χ2n) is 8.05. The molecule has 0 aromatic heterocycles. The monoisotopic (exact) mass is 411 g/mol. The van der Waals surface area contributed by atoms with Crippen LogP contribution in [0.5, 0.6) is 0 Å². The first kappa shape index (κ1) is 21.6. The van der Waals surface area contributed by atoms with Gasteiger partial charge >= 0.3 is 6.18 Å². The minimum absolute atomic E-state index is 0.0223. The number of hydrogen-bond acceptors (Lipinski definition) is 3. The van der Waals surface area contributed by atoms with Gasteiger partial charge in [-0.2, -0.15) is 13.2 Å². The fourth-order valence-electron chi connectivity index (χ4n) is 4.18. The van der Waals surface area contributed by atoms with Crippen LogP contribution in [0.1, 0.15) is 48.5 Å². The second kappa shape index (κ2) is 9.15. The number of hydrogen-bond donors (Lipinski definition) is 1. The summed E-state index contributed by atoms with van der Waals surface area (Å²) in [6.07, 6.45) is -0.0855. The molecule has 1 heterocycles. The standard InChI is InChI=1S/C21H28F3N3O2/c1-15-6-2-5-9-18(15)25-19(28)14-26-10-12-27(13-11-26)20(29)16-7-3-4-8-17(16)21(22,23)24/h3-4,7-8,15,18H,2,5-6,9-14H2,1H3,(H,25,28). The van der Waals surface area contributed by atoms with E-state index in [0.717, 1.165) is 25.3 Å². The third kappa shape index (κ3) is 5.50. The molecule has 29 heavy (non-hydrogen) atoms. The number of halogens is 3. The Labute approximate surface area is 169 Å². The molecule has 0 spiro atoms. The van der Waals surface area contributed by atoms with Crippen molar-refractivity contribution in [3.8, 4) is 0 Å². The van der Waals surface area contributed by atoms with Crippen molar-refractivity contribution < 1.29 is 22.8 Å². The number of carbonyl (C=O) groups excluding carboxylic acids is 2. The van der Waals surface area contributed by atoms with Crippen molar-refractivity contribution in [1.82, 2.24) is 15.1 Å². The van der Waals surface area contributed by atoms with E-state index < -0.39 is 17.6 Å². The summed E-state index contributed by atoms with van der Waals surface area (Å²) in [6.45, 7) is 3.95. The molecule has 2 amide bonds. The van der Waals surface area contributed by atoms with Crippen molar-refractivity contribution in [2.45, 2.75) is 44.8 Å². The average molecular weight is 411 g/mol. The molecule has 1 aromatic carbocycles. The molecule has 8 heteroatoms. The van der Waals surface area contributed by atoms with E-state index >= 15 is 0 Å². The van der Waals surface area contributed by atoms with Crippen molar-refractivity contribution in [2.75, 3.05) is 32.7 Å². The molecular weight excluding hydrogens is 383 g/mol. The van der Waals surface area contributed by atoms with Gasteiger partial charge in [-0.05, 0) is 30.9 Å². The molecule has 3 rings (SSSR count). The summed E-state index contributed by atoms with van der Waals surface area (Å²) in [5.41, 5.74) is -1.23. The minimum atomic E-state index is -4.57. The Balaban J connectivity index is 1.52. The maximum atomic E-state index is 13.2. The zero-order valence-corrected chi connectivity index (χ0v) is 16.7. The second-order valence-corrected chi connectivity index (χ2v) is 8.05. The van der Waals surface area contributed by atoms with Gasteiger partial charge in [-0.3, -0.25) is 14.5 Å². The van der Waals surface area contributed by atoms with Gasteiger partial charge in [0.2, 0.25) is 5.91 Å². The third-order valence-electron chi connectivity index (χ3n) is 5.95. The Morgan fingerprint density at radius 1 is 1.07 bits per heavy atom. The Hall–Kier alpha value is -2.09. The average Bonchev–Trinajstić information content (AvgIpc) is 2.69. The van der Waals surface area contributed by atoms with E-state index in [4.69, 9.17) is 0 Å². The Bertz CT molecular complexity index is 730. The normalized spacial score (nSPS) is 23.7. The van der Waals surface area contributed by atoms with E-state index in [2.05, 4.69) is 12.2 Å². The van der Waals surface area contributed by atoms with Gasteiger partial charge in [0, 0.05) is 32.2 Å². The zero-order valence-electron chi connectivity index (χ0n) is 16.7. The summed E-state index contributed by atoms with van der Waals surface area (Å²) in [7, 11) is 0. The van der Waals surface area contributed by atoms with Crippen LogP contribution in [0.3, 0.4) is 0 Å². The summed E-state index contributed by atoms with van der Waals surface area (Å²) in [5.74, 6) is -0.153. The lowest BCUT2D eigenvalue weighted by Gasteiger charge is -2.35. The topological polar surface area (TPSA) is 52.7 Å². The van der Waals surface area contributed by atoms with Crippen LogP contribution in [-0.2, 0) is 11.0 Å². The lowest BCUT2D eigenvalue weighted by atomic mass is 9.86. The highest BCUT2D eigenvalue weighted by Crippen LogP contribution is 2.32. The van der Waals surface area contributed by atoms with E-state index in [1.165, 1.54) is 29.5 Å². The number of carbonyl (C=O) groups is 2. The molecule has 2 aliphatic rings. The number of nitrogens with zero attached hydrogens (tertiary/aromatic N) is 2. The van der Waals surface area contributed by atoms with Gasteiger partial charge < -0.3 is 10.2 Å². The van der Waals surface area contributed by atoms with Crippen LogP contribution in [0.4, 0.5) is 13.2 Å². The molecule has 2 fully saturated rings. The number of alkyl halides is 3. The van der Waals surface area contributed by atoms with Crippen molar-refractivity contribution in [1.29, 1.82) is 0 Å². The number of rotatable bonds is 4. The van der Waals surface area contributed by atoms with Crippen LogP contribution in [0, 0.1) is 5.92 Å². The van der Waals surface area contributed by atoms with Crippen molar-refractivity contribution in [2.24, 2.45) is 5.92 Å². The summed E-state index contributed by atoms with van der Waals surface area (Å²) in [5, 5.41) is 3.11. The maximum absolute atomic E-state index is 13.2. The first-order chi connectivity index (χ1) is 13.8. The summed E-state index contributed by atoms with van der Waals surface area (Å²) < 4.78 is 39.5. The Morgan fingerprint density at radius 3 is 2.38 bits per heavy atom. The van der Waals surface area contributed by atoms with Gasteiger partial charge in [0.15, 0.2) is 0 Å². The van der Waals surface area contributed by atoms with Gasteiger partial charge in [-0.15, -0.1) is 0 Å². The van der Waals surface area contributed by atoms with Crippen LogP contribution >= 0.6 is 0 Å². The van der Waals surface area contributed by atoms with Crippen molar-refractivity contribution in [3.05, 3.63) is 35.4 Å². The molecular formula is C21H28F3N3O2. The zero-order chi connectivity index (χ0) is 21.0. The fourth-order valence-corrected chi connectivity index (χ4v) is 4.18. The molecule has 160 valence electrons. The smallest absolute Gasteiger partial charge is 0.352 e. The van der Waals surface area contributed by atoms with E-state index in [0.29, 0.717) is 32.1 Å². The molecule has 1 saturated heterocycles. The van der Waals surface area contributed by atoms with Gasteiger partial charge in [0.25, 0.3) is 5.91 Å². The number of piperazine rings is 1. The van der Waals surface area contributed by atoms with E-state index in [9.17, 15) is 22.8 Å². The lowest BCUT2D eigenvalue weighted by Crippen LogP contribution is -2.52.